The smallest absolute Gasteiger partial charge is 0.326 e. The lowest BCUT2D eigenvalue weighted by Gasteiger charge is -2.39. The monoisotopic (exact) mass is 297 g/mol. The number of hydrogen-bond donors (Lipinski definition) is 2. The van der Waals surface area contributed by atoms with Gasteiger partial charge in [-0.05, 0) is 6.42 Å². The summed E-state index contributed by atoms with van der Waals surface area (Å²) in [4.78, 5) is 40.0. The van der Waals surface area contributed by atoms with Gasteiger partial charge in [0.05, 0.1) is 6.10 Å². The normalized spacial score (nSPS) is 32.5. The zero-order chi connectivity index (χ0) is 15.1. The third-order valence-electron chi connectivity index (χ3n) is 4.57. The summed E-state index contributed by atoms with van der Waals surface area (Å²) in [5, 5.41) is 18.8. The molecule has 8 nitrogen and oxygen atoms in total. The molecule has 3 saturated heterocycles. The second-order valence-corrected chi connectivity index (χ2v) is 5.90. The molecule has 3 aliphatic rings. The average Bonchev–Trinajstić information content (AvgIpc) is 3.01. The molecule has 0 radical (unpaired) electrons. The molecule has 0 aromatic carbocycles. The molecule has 3 heterocycles. The first-order valence-electron chi connectivity index (χ1n) is 7.23. The van der Waals surface area contributed by atoms with Crippen LogP contribution in [0.25, 0.3) is 0 Å². The lowest BCUT2D eigenvalue weighted by molar-refractivity contribution is -0.141. The molecule has 2 unspecified atom stereocenters. The van der Waals surface area contributed by atoms with Crippen molar-refractivity contribution in [1.29, 1.82) is 0 Å². The number of amides is 3. The van der Waals surface area contributed by atoms with E-state index in [-0.39, 0.29) is 30.9 Å². The van der Waals surface area contributed by atoms with Gasteiger partial charge in [0.15, 0.2) is 0 Å². The zero-order valence-corrected chi connectivity index (χ0v) is 11.6. The second-order valence-electron chi connectivity index (χ2n) is 5.90. The number of piperazine rings is 1. The Morgan fingerprint density at radius 3 is 2.67 bits per heavy atom. The summed E-state index contributed by atoms with van der Waals surface area (Å²) in [7, 11) is 0. The Balaban J connectivity index is 1.68. The van der Waals surface area contributed by atoms with Crippen LogP contribution in [0.3, 0.4) is 0 Å². The van der Waals surface area contributed by atoms with E-state index in [0.29, 0.717) is 26.1 Å². The van der Waals surface area contributed by atoms with Gasteiger partial charge in [-0.15, -0.1) is 0 Å². The Hall–Kier alpha value is -1.83. The van der Waals surface area contributed by atoms with E-state index in [1.54, 1.807) is 9.80 Å². The Kier molecular flexibility index (Phi) is 3.48. The number of carboxylic acids is 1. The molecular formula is C13H19N3O5. The molecule has 21 heavy (non-hydrogen) atoms. The summed E-state index contributed by atoms with van der Waals surface area (Å²) >= 11 is 0. The number of carbonyl (C=O) groups excluding carboxylic acids is 2. The molecule has 116 valence electrons. The standard InChI is InChI=1S/C13H19N3O5/c17-9-5-10(12(19)20)16(7-9)13(21)14-3-4-15-8(6-14)1-2-11(15)18/h8-10,17H,1-7H2,(H,19,20)/t8?,9?,10-/m0/s1. The van der Waals surface area contributed by atoms with E-state index in [0.717, 1.165) is 6.42 Å². The summed E-state index contributed by atoms with van der Waals surface area (Å²) in [6.45, 7) is 1.42. The van der Waals surface area contributed by atoms with Crippen molar-refractivity contribution in [2.75, 3.05) is 26.2 Å². The van der Waals surface area contributed by atoms with E-state index >= 15 is 0 Å². The Morgan fingerprint density at radius 2 is 1.95 bits per heavy atom. The number of carbonyl (C=O) groups is 3. The zero-order valence-electron chi connectivity index (χ0n) is 11.6. The lowest BCUT2D eigenvalue weighted by Crippen LogP contribution is -2.57. The van der Waals surface area contributed by atoms with E-state index in [1.807, 2.05) is 0 Å². The van der Waals surface area contributed by atoms with Crippen molar-refractivity contribution in [1.82, 2.24) is 14.7 Å². The number of aliphatic hydroxyl groups excluding tert-OH is 1. The largest absolute Gasteiger partial charge is 0.480 e. The minimum absolute atomic E-state index is 0.0472. The molecule has 3 aliphatic heterocycles. The minimum Gasteiger partial charge on any atom is -0.480 e. The third-order valence-corrected chi connectivity index (χ3v) is 4.57. The molecule has 0 saturated carbocycles. The van der Waals surface area contributed by atoms with Gasteiger partial charge in [0.2, 0.25) is 5.91 Å². The van der Waals surface area contributed by atoms with Gasteiger partial charge < -0.3 is 24.9 Å². The van der Waals surface area contributed by atoms with Gasteiger partial charge in [-0.1, -0.05) is 0 Å². The first kappa shape index (κ1) is 14.1. The van der Waals surface area contributed by atoms with Gasteiger partial charge in [-0.2, -0.15) is 0 Å². The minimum atomic E-state index is -1.09. The highest BCUT2D eigenvalue weighted by Gasteiger charge is 2.43. The number of nitrogens with zero attached hydrogens (tertiary/aromatic N) is 3. The van der Waals surface area contributed by atoms with Gasteiger partial charge in [0, 0.05) is 45.1 Å². The molecular weight excluding hydrogens is 278 g/mol. The molecule has 0 aromatic heterocycles. The number of carboxylic acid groups (broad SMARTS) is 1. The predicted octanol–water partition coefficient (Wildman–Crippen LogP) is -1.07. The van der Waals surface area contributed by atoms with Crippen LogP contribution in [-0.4, -0.2) is 87.2 Å². The summed E-state index contributed by atoms with van der Waals surface area (Å²) < 4.78 is 0. The maximum absolute atomic E-state index is 12.5. The van der Waals surface area contributed by atoms with E-state index in [9.17, 15) is 19.5 Å². The molecule has 3 rings (SSSR count). The average molecular weight is 297 g/mol. The maximum Gasteiger partial charge on any atom is 0.326 e. The molecule has 8 heteroatoms. The van der Waals surface area contributed by atoms with Crippen molar-refractivity contribution in [2.45, 2.75) is 37.5 Å². The van der Waals surface area contributed by atoms with Crippen LogP contribution in [0.2, 0.25) is 0 Å². The maximum atomic E-state index is 12.5. The van der Waals surface area contributed by atoms with E-state index < -0.39 is 18.1 Å². The number of rotatable bonds is 1. The molecule has 3 atom stereocenters. The number of aliphatic hydroxyl groups is 1. The van der Waals surface area contributed by atoms with Gasteiger partial charge in [0.1, 0.15) is 6.04 Å². The van der Waals surface area contributed by atoms with E-state index in [2.05, 4.69) is 0 Å². The number of urea groups is 1. The van der Waals surface area contributed by atoms with Crippen LogP contribution in [0.4, 0.5) is 4.79 Å². The lowest BCUT2D eigenvalue weighted by atomic mass is 10.1. The van der Waals surface area contributed by atoms with Crippen LogP contribution in [0.1, 0.15) is 19.3 Å². The fourth-order valence-corrected chi connectivity index (χ4v) is 3.48. The fraction of sp³-hybridized carbons (Fsp3) is 0.769. The summed E-state index contributed by atoms with van der Waals surface area (Å²) in [5.74, 6) is -0.957. The van der Waals surface area contributed by atoms with Crippen molar-refractivity contribution in [3.05, 3.63) is 0 Å². The molecule has 0 aromatic rings. The quantitative estimate of drug-likeness (QED) is 0.642. The van der Waals surface area contributed by atoms with Gasteiger partial charge in [-0.25, -0.2) is 9.59 Å². The molecule has 0 spiro atoms. The third kappa shape index (κ3) is 2.44. The van der Waals surface area contributed by atoms with Crippen molar-refractivity contribution in [3.63, 3.8) is 0 Å². The van der Waals surface area contributed by atoms with Gasteiger partial charge in [-0.3, -0.25) is 4.79 Å². The Morgan fingerprint density at radius 1 is 1.19 bits per heavy atom. The van der Waals surface area contributed by atoms with Crippen LogP contribution in [-0.2, 0) is 9.59 Å². The van der Waals surface area contributed by atoms with Crippen LogP contribution in [0, 0.1) is 0 Å². The Labute approximate surface area is 121 Å². The molecule has 0 bridgehead atoms. The number of β-amino-alcohol motifs (C(OH)–C–C–N with tert-alkyl or cyclic N) is 1. The highest BCUT2D eigenvalue weighted by atomic mass is 16.4. The van der Waals surface area contributed by atoms with Crippen molar-refractivity contribution < 1.29 is 24.6 Å². The second kappa shape index (κ2) is 5.18. The first-order valence-corrected chi connectivity index (χ1v) is 7.23. The van der Waals surface area contributed by atoms with E-state index in [4.69, 9.17) is 5.11 Å². The van der Waals surface area contributed by atoms with Crippen LogP contribution in [0.15, 0.2) is 0 Å². The van der Waals surface area contributed by atoms with Crippen molar-refractivity contribution >= 4 is 17.9 Å². The fourth-order valence-electron chi connectivity index (χ4n) is 3.48. The van der Waals surface area contributed by atoms with Gasteiger partial charge in [0.25, 0.3) is 0 Å². The number of hydrogen-bond acceptors (Lipinski definition) is 4. The van der Waals surface area contributed by atoms with Gasteiger partial charge >= 0.3 is 12.0 Å². The topological polar surface area (TPSA) is 101 Å². The summed E-state index contributed by atoms with van der Waals surface area (Å²) in [6.07, 6.45) is 0.549. The van der Waals surface area contributed by atoms with Crippen molar-refractivity contribution in [2.24, 2.45) is 0 Å². The van der Waals surface area contributed by atoms with Crippen LogP contribution < -0.4 is 0 Å². The first-order chi connectivity index (χ1) is 9.97. The summed E-state index contributed by atoms with van der Waals surface area (Å²) in [5.41, 5.74) is 0. The highest BCUT2D eigenvalue weighted by molar-refractivity contribution is 5.84. The molecule has 3 fully saturated rings. The number of likely N-dealkylation sites (tertiary alicyclic amines) is 1. The molecule has 2 N–H and O–H groups in total. The number of aliphatic carboxylic acids is 1. The van der Waals surface area contributed by atoms with Crippen LogP contribution in [0.5, 0.6) is 0 Å². The SMILES string of the molecule is O=C(O)[C@@H]1CC(O)CN1C(=O)N1CCN2C(=O)CCC2C1. The predicted molar refractivity (Wildman–Crippen MR) is 70.5 cm³/mol. The molecule has 3 amide bonds. The van der Waals surface area contributed by atoms with Crippen LogP contribution >= 0.6 is 0 Å². The summed E-state index contributed by atoms with van der Waals surface area (Å²) in [6, 6.07) is -1.26. The van der Waals surface area contributed by atoms with E-state index in [1.165, 1.54) is 4.90 Å². The molecule has 0 aliphatic carbocycles. The van der Waals surface area contributed by atoms with Crippen molar-refractivity contribution in [3.8, 4) is 0 Å². The number of fused-ring (bicyclic) bond motifs is 1. The Bertz CT molecular complexity index is 482. The highest BCUT2D eigenvalue weighted by Crippen LogP contribution is 2.25.